The largest absolute Gasteiger partial charge is 0.496 e. The van der Waals surface area contributed by atoms with Crippen LogP contribution < -0.4 is 10.1 Å². The first kappa shape index (κ1) is 13.3. The van der Waals surface area contributed by atoms with E-state index in [0.717, 1.165) is 17.7 Å². The summed E-state index contributed by atoms with van der Waals surface area (Å²) < 4.78 is 10.4. The Labute approximate surface area is 102 Å². The molecule has 4 heteroatoms. The molecule has 0 saturated carbocycles. The zero-order valence-electron chi connectivity index (χ0n) is 9.92. The van der Waals surface area contributed by atoms with Crippen molar-refractivity contribution < 1.29 is 9.47 Å². The van der Waals surface area contributed by atoms with E-state index in [1.54, 1.807) is 14.2 Å². The first-order valence-corrected chi connectivity index (χ1v) is 5.60. The summed E-state index contributed by atoms with van der Waals surface area (Å²) in [6.07, 6.45) is 0.879. The standard InChI is InChI=1S/C12H18ClNO2/c1-14-11(6-7-15-2)10-8-9(13)4-5-12(10)16-3/h4-5,8,11,14H,6-7H2,1-3H3. The van der Waals surface area contributed by atoms with E-state index < -0.39 is 0 Å². The van der Waals surface area contributed by atoms with Crippen LogP contribution in [0.5, 0.6) is 5.75 Å². The average molecular weight is 244 g/mol. The molecule has 1 aromatic carbocycles. The minimum absolute atomic E-state index is 0.189. The molecular formula is C12H18ClNO2. The zero-order valence-corrected chi connectivity index (χ0v) is 10.7. The van der Waals surface area contributed by atoms with Gasteiger partial charge in [0.05, 0.1) is 7.11 Å². The van der Waals surface area contributed by atoms with E-state index in [-0.39, 0.29) is 6.04 Å². The molecule has 0 fully saturated rings. The lowest BCUT2D eigenvalue weighted by Crippen LogP contribution is -2.18. The van der Waals surface area contributed by atoms with Gasteiger partial charge in [-0.1, -0.05) is 11.6 Å². The summed E-state index contributed by atoms with van der Waals surface area (Å²) in [5.41, 5.74) is 1.06. The Morgan fingerprint density at radius 2 is 2.12 bits per heavy atom. The van der Waals surface area contributed by atoms with E-state index in [0.29, 0.717) is 11.6 Å². The summed E-state index contributed by atoms with van der Waals surface area (Å²) in [6.45, 7) is 0.696. The van der Waals surface area contributed by atoms with Crippen molar-refractivity contribution >= 4 is 11.6 Å². The molecule has 16 heavy (non-hydrogen) atoms. The molecular weight excluding hydrogens is 226 g/mol. The number of ether oxygens (including phenoxy) is 2. The van der Waals surface area contributed by atoms with Crippen molar-refractivity contribution in [3.8, 4) is 5.75 Å². The SMILES string of the molecule is CNC(CCOC)c1cc(Cl)ccc1OC. The Balaban J connectivity index is 2.92. The van der Waals surface area contributed by atoms with Gasteiger partial charge in [0, 0.05) is 30.3 Å². The van der Waals surface area contributed by atoms with Crippen molar-refractivity contribution in [2.45, 2.75) is 12.5 Å². The van der Waals surface area contributed by atoms with E-state index >= 15 is 0 Å². The minimum Gasteiger partial charge on any atom is -0.496 e. The van der Waals surface area contributed by atoms with Crippen LogP contribution in [0.2, 0.25) is 5.02 Å². The Hall–Kier alpha value is -0.770. The highest BCUT2D eigenvalue weighted by Gasteiger charge is 2.14. The number of nitrogens with one attached hydrogen (secondary N) is 1. The minimum atomic E-state index is 0.189. The van der Waals surface area contributed by atoms with Crippen LogP contribution in [-0.4, -0.2) is 27.9 Å². The highest BCUT2D eigenvalue weighted by atomic mass is 35.5. The number of methoxy groups -OCH3 is 2. The number of hydrogen-bond acceptors (Lipinski definition) is 3. The van der Waals surface area contributed by atoms with Gasteiger partial charge in [-0.15, -0.1) is 0 Å². The second-order valence-corrected chi connectivity index (χ2v) is 3.95. The Morgan fingerprint density at radius 1 is 1.38 bits per heavy atom. The van der Waals surface area contributed by atoms with Gasteiger partial charge in [0.2, 0.25) is 0 Å². The smallest absolute Gasteiger partial charge is 0.123 e. The summed E-state index contributed by atoms with van der Waals surface area (Å²) >= 11 is 5.99. The number of hydrogen-bond donors (Lipinski definition) is 1. The zero-order chi connectivity index (χ0) is 12.0. The van der Waals surface area contributed by atoms with Gasteiger partial charge in [-0.05, 0) is 31.7 Å². The van der Waals surface area contributed by atoms with Crippen molar-refractivity contribution in [3.63, 3.8) is 0 Å². The molecule has 0 heterocycles. The van der Waals surface area contributed by atoms with Crippen LogP contribution in [0.4, 0.5) is 0 Å². The van der Waals surface area contributed by atoms with Gasteiger partial charge in [0.15, 0.2) is 0 Å². The van der Waals surface area contributed by atoms with Crippen LogP contribution in [0.1, 0.15) is 18.0 Å². The van der Waals surface area contributed by atoms with Gasteiger partial charge in [0.1, 0.15) is 5.75 Å². The normalized spacial score (nSPS) is 12.5. The molecule has 1 rings (SSSR count). The maximum atomic E-state index is 5.99. The van der Waals surface area contributed by atoms with E-state index in [9.17, 15) is 0 Å². The summed E-state index contributed by atoms with van der Waals surface area (Å²) in [4.78, 5) is 0. The first-order chi connectivity index (χ1) is 7.72. The number of benzene rings is 1. The number of rotatable bonds is 6. The van der Waals surface area contributed by atoms with E-state index in [4.69, 9.17) is 21.1 Å². The third-order valence-corrected chi connectivity index (χ3v) is 2.76. The van der Waals surface area contributed by atoms with Gasteiger partial charge in [0.25, 0.3) is 0 Å². The van der Waals surface area contributed by atoms with Gasteiger partial charge in [-0.2, -0.15) is 0 Å². The van der Waals surface area contributed by atoms with Crippen molar-refractivity contribution in [2.75, 3.05) is 27.9 Å². The van der Waals surface area contributed by atoms with Gasteiger partial charge < -0.3 is 14.8 Å². The monoisotopic (exact) mass is 243 g/mol. The molecule has 3 nitrogen and oxygen atoms in total. The van der Waals surface area contributed by atoms with Gasteiger partial charge in [-0.25, -0.2) is 0 Å². The second kappa shape index (κ2) is 6.74. The van der Waals surface area contributed by atoms with E-state index in [1.165, 1.54) is 0 Å². The van der Waals surface area contributed by atoms with Crippen molar-refractivity contribution in [3.05, 3.63) is 28.8 Å². The molecule has 0 bridgehead atoms. The lowest BCUT2D eigenvalue weighted by Gasteiger charge is -2.19. The van der Waals surface area contributed by atoms with E-state index in [1.807, 2.05) is 25.2 Å². The molecule has 0 aliphatic heterocycles. The van der Waals surface area contributed by atoms with Crippen LogP contribution in [0, 0.1) is 0 Å². The fourth-order valence-corrected chi connectivity index (χ4v) is 1.85. The van der Waals surface area contributed by atoms with Gasteiger partial charge >= 0.3 is 0 Å². The van der Waals surface area contributed by atoms with Crippen molar-refractivity contribution in [1.29, 1.82) is 0 Å². The highest BCUT2D eigenvalue weighted by molar-refractivity contribution is 6.30. The quantitative estimate of drug-likeness (QED) is 0.833. The molecule has 0 amide bonds. The molecule has 0 saturated heterocycles. The Kier molecular flexibility index (Phi) is 5.60. The molecule has 1 unspecified atom stereocenters. The third-order valence-electron chi connectivity index (χ3n) is 2.53. The molecule has 0 aliphatic carbocycles. The highest BCUT2D eigenvalue weighted by Crippen LogP contribution is 2.29. The van der Waals surface area contributed by atoms with Crippen LogP contribution >= 0.6 is 11.6 Å². The summed E-state index contributed by atoms with van der Waals surface area (Å²) in [7, 11) is 5.28. The average Bonchev–Trinajstić information content (AvgIpc) is 2.30. The summed E-state index contributed by atoms with van der Waals surface area (Å²) in [5, 5.41) is 3.95. The maximum Gasteiger partial charge on any atom is 0.123 e. The van der Waals surface area contributed by atoms with E-state index in [2.05, 4.69) is 5.32 Å². The van der Waals surface area contributed by atoms with Crippen molar-refractivity contribution in [2.24, 2.45) is 0 Å². The molecule has 1 atom stereocenters. The number of halogens is 1. The first-order valence-electron chi connectivity index (χ1n) is 5.22. The van der Waals surface area contributed by atoms with Crippen LogP contribution in [0.15, 0.2) is 18.2 Å². The molecule has 90 valence electrons. The molecule has 0 spiro atoms. The van der Waals surface area contributed by atoms with Crippen molar-refractivity contribution in [1.82, 2.24) is 5.32 Å². The molecule has 1 aromatic rings. The van der Waals surface area contributed by atoms with Gasteiger partial charge in [-0.3, -0.25) is 0 Å². The fourth-order valence-electron chi connectivity index (χ4n) is 1.67. The topological polar surface area (TPSA) is 30.5 Å². The Morgan fingerprint density at radius 3 is 2.69 bits per heavy atom. The molecule has 0 aromatic heterocycles. The lowest BCUT2D eigenvalue weighted by atomic mass is 10.0. The summed E-state index contributed by atoms with van der Waals surface area (Å²) in [5.74, 6) is 0.847. The Bertz CT molecular complexity index is 331. The van der Waals surface area contributed by atoms with Crippen LogP contribution in [0.3, 0.4) is 0 Å². The van der Waals surface area contributed by atoms with Crippen LogP contribution in [0.25, 0.3) is 0 Å². The summed E-state index contributed by atoms with van der Waals surface area (Å²) in [6, 6.07) is 5.83. The molecule has 0 radical (unpaired) electrons. The second-order valence-electron chi connectivity index (χ2n) is 3.51. The third kappa shape index (κ3) is 3.37. The van der Waals surface area contributed by atoms with Crippen LogP contribution in [-0.2, 0) is 4.74 Å². The molecule has 0 aliphatic rings. The maximum absolute atomic E-state index is 5.99. The lowest BCUT2D eigenvalue weighted by molar-refractivity contribution is 0.183. The predicted molar refractivity (Wildman–Crippen MR) is 66.3 cm³/mol. The fraction of sp³-hybridized carbons (Fsp3) is 0.500. The molecule has 1 N–H and O–H groups in total. The predicted octanol–water partition coefficient (Wildman–Crippen LogP) is 2.65.